The van der Waals surface area contributed by atoms with E-state index in [0.717, 1.165) is 15.8 Å². The van der Waals surface area contributed by atoms with Gasteiger partial charge in [-0.15, -0.1) is 0 Å². The molecule has 4 unspecified atom stereocenters. The molecule has 1 saturated heterocycles. The van der Waals surface area contributed by atoms with E-state index in [2.05, 4.69) is 47.2 Å². The highest BCUT2D eigenvalue weighted by Gasteiger charge is 2.35. The number of para-hydroxylation sites is 1. The Balaban J connectivity index is 1.70. The zero-order valence-electron chi connectivity index (χ0n) is 38.3. The summed E-state index contributed by atoms with van der Waals surface area (Å²) < 4.78 is 0. The van der Waals surface area contributed by atoms with Gasteiger partial charge in [0, 0.05) is 69.0 Å². The predicted octanol–water partition coefficient (Wildman–Crippen LogP) is -2.10. The molecule has 0 saturated carbocycles. The molecule has 1 aliphatic heterocycles. The van der Waals surface area contributed by atoms with E-state index in [4.69, 9.17) is 22.9 Å². The lowest BCUT2D eigenvalue weighted by Gasteiger charge is -2.31. The number of guanidine groups is 1. The minimum atomic E-state index is -1.55. The lowest BCUT2D eigenvalue weighted by atomic mass is 10.0. The number of imide groups is 1. The van der Waals surface area contributed by atoms with E-state index in [1.165, 1.54) is 6.92 Å². The third-order valence-corrected chi connectivity index (χ3v) is 11.1. The van der Waals surface area contributed by atoms with Crippen molar-refractivity contribution in [3.05, 3.63) is 71.9 Å². The maximum atomic E-state index is 14.6. The van der Waals surface area contributed by atoms with Gasteiger partial charge in [-0.25, -0.2) is 4.79 Å². The first-order valence-electron chi connectivity index (χ1n) is 22.5. The summed E-state index contributed by atoms with van der Waals surface area (Å²) in [5.41, 5.74) is 24.9. The first-order chi connectivity index (χ1) is 32.4. The maximum absolute atomic E-state index is 14.6. The third kappa shape index (κ3) is 17.0. The van der Waals surface area contributed by atoms with Gasteiger partial charge in [0.05, 0.1) is 6.54 Å². The number of carbonyl (C=O) groups is 9. The van der Waals surface area contributed by atoms with E-state index < -0.39 is 96.1 Å². The third-order valence-electron chi connectivity index (χ3n) is 11.1. The molecule has 2 aromatic carbocycles. The molecule has 1 aliphatic rings. The van der Waals surface area contributed by atoms with E-state index in [1.54, 1.807) is 43.5 Å². The summed E-state index contributed by atoms with van der Waals surface area (Å²) in [7, 11) is 0. The fourth-order valence-electron chi connectivity index (χ4n) is 7.38. The van der Waals surface area contributed by atoms with Crippen LogP contribution < -0.4 is 60.2 Å². The number of amides is 10. The van der Waals surface area contributed by atoms with Gasteiger partial charge in [0.2, 0.25) is 41.4 Å². The van der Waals surface area contributed by atoms with Crippen LogP contribution >= 0.6 is 0 Å². The van der Waals surface area contributed by atoms with Gasteiger partial charge < -0.3 is 65.1 Å². The number of carbonyl (C=O) groups excluding carboxylic acids is 9. The highest BCUT2D eigenvalue weighted by molar-refractivity contribution is 6.01. The SMILES string of the molecule is CCC(N)CN1C(=O)NC(Cc2ccccc2)C(=O)NCC(=O)N[C@@H](Cc2c[nH]c3ccccc23)C(=O)NC(C(N)=O)CCCNC(=O)CCC(NC(=O)[C@H](CCCN=C(N)N)NC(C)=O)C1=O. The molecule has 6 atom stereocenters. The van der Waals surface area contributed by atoms with Crippen LogP contribution in [0.5, 0.6) is 0 Å². The van der Waals surface area contributed by atoms with Crippen LogP contribution in [0.1, 0.15) is 69.9 Å². The molecule has 0 bridgehead atoms. The molecule has 2 heterocycles. The van der Waals surface area contributed by atoms with Gasteiger partial charge in [-0.05, 0) is 55.7 Å². The topological polar surface area (TPSA) is 373 Å². The number of nitrogens with two attached hydrogens (primary N) is 4. The van der Waals surface area contributed by atoms with Gasteiger partial charge in [-0.2, -0.15) is 0 Å². The highest BCUT2D eigenvalue weighted by atomic mass is 16.2. The Morgan fingerprint density at radius 2 is 1.56 bits per heavy atom. The van der Waals surface area contributed by atoms with Crippen molar-refractivity contribution in [2.45, 2.75) is 108 Å². The molecule has 23 nitrogen and oxygen atoms in total. The number of nitrogens with one attached hydrogen (secondary N) is 8. The molecule has 0 aliphatic carbocycles. The lowest BCUT2D eigenvalue weighted by molar-refractivity contribution is -0.136. The average molecular weight is 945 g/mol. The van der Waals surface area contributed by atoms with Crippen LogP contribution in [0.2, 0.25) is 0 Å². The predicted molar refractivity (Wildman–Crippen MR) is 251 cm³/mol. The molecule has 16 N–H and O–H groups in total. The van der Waals surface area contributed by atoms with Crippen molar-refractivity contribution in [3.63, 3.8) is 0 Å². The van der Waals surface area contributed by atoms with Gasteiger partial charge >= 0.3 is 6.03 Å². The summed E-state index contributed by atoms with van der Waals surface area (Å²) in [6.45, 7) is 2.02. The number of H-pyrrole nitrogens is 1. The van der Waals surface area contributed by atoms with E-state index in [9.17, 15) is 43.2 Å². The fraction of sp³-hybridized carbons (Fsp3) is 0.467. The molecular weight excluding hydrogens is 881 g/mol. The second-order valence-electron chi connectivity index (χ2n) is 16.5. The summed E-state index contributed by atoms with van der Waals surface area (Å²) in [5.74, 6) is -6.32. The number of hydrogen-bond acceptors (Lipinski definition) is 11. The number of nitrogens with zero attached hydrogens (tertiary/aromatic N) is 2. The number of rotatable bonds is 15. The van der Waals surface area contributed by atoms with Crippen LogP contribution in [0.4, 0.5) is 4.79 Å². The van der Waals surface area contributed by atoms with E-state index in [0.29, 0.717) is 17.5 Å². The lowest BCUT2D eigenvalue weighted by Crippen LogP contribution is -2.60. The van der Waals surface area contributed by atoms with E-state index in [1.807, 2.05) is 24.3 Å². The normalized spacial score (nSPS) is 20.4. The Bertz CT molecular complexity index is 2280. The van der Waals surface area contributed by atoms with E-state index >= 15 is 0 Å². The first kappa shape index (κ1) is 53.1. The molecule has 0 spiro atoms. The zero-order valence-corrected chi connectivity index (χ0v) is 38.3. The number of urea groups is 1. The molecule has 68 heavy (non-hydrogen) atoms. The molecule has 0 radical (unpaired) electrons. The van der Waals surface area contributed by atoms with Crippen molar-refractivity contribution >= 4 is 70.2 Å². The van der Waals surface area contributed by atoms with Crippen LogP contribution in [-0.4, -0.2) is 132 Å². The number of aromatic amines is 1. The fourth-order valence-corrected chi connectivity index (χ4v) is 7.38. The first-order valence-corrected chi connectivity index (χ1v) is 22.5. The number of fused-ring (bicyclic) bond motifs is 1. The van der Waals surface area contributed by atoms with Crippen LogP contribution in [0.25, 0.3) is 10.9 Å². The van der Waals surface area contributed by atoms with Crippen LogP contribution in [0.3, 0.4) is 0 Å². The minimum absolute atomic E-state index is 0.00173. The summed E-state index contributed by atoms with van der Waals surface area (Å²) in [5, 5.41) is 19.0. The second-order valence-corrected chi connectivity index (χ2v) is 16.5. The summed E-state index contributed by atoms with van der Waals surface area (Å²) >= 11 is 0. The van der Waals surface area contributed by atoms with Crippen LogP contribution in [0, 0.1) is 0 Å². The Hall–Kier alpha value is -7.56. The molecule has 1 fully saturated rings. The Labute approximate surface area is 393 Å². The molecule has 368 valence electrons. The molecular formula is C45H64N14O9. The number of hydrogen-bond donors (Lipinski definition) is 12. The van der Waals surface area contributed by atoms with Crippen molar-refractivity contribution < 1.29 is 43.2 Å². The highest BCUT2D eigenvalue weighted by Crippen LogP contribution is 2.20. The van der Waals surface area contributed by atoms with Gasteiger partial charge in [0.1, 0.15) is 30.2 Å². The van der Waals surface area contributed by atoms with Crippen molar-refractivity contribution in [2.24, 2.45) is 27.9 Å². The number of benzene rings is 2. The van der Waals surface area contributed by atoms with Crippen molar-refractivity contribution in [2.75, 3.05) is 26.2 Å². The van der Waals surface area contributed by atoms with E-state index in [-0.39, 0.29) is 77.0 Å². The van der Waals surface area contributed by atoms with Gasteiger partial charge in [-0.1, -0.05) is 55.5 Å². The molecule has 1 aromatic heterocycles. The Morgan fingerprint density at radius 1 is 0.853 bits per heavy atom. The molecule has 10 amide bonds. The largest absolute Gasteiger partial charge is 0.370 e. The number of aromatic nitrogens is 1. The minimum Gasteiger partial charge on any atom is -0.370 e. The van der Waals surface area contributed by atoms with Crippen molar-refractivity contribution in [1.29, 1.82) is 0 Å². The quantitative estimate of drug-likeness (QED) is 0.0443. The molecule has 3 aromatic rings. The van der Waals surface area contributed by atoms with Crippen LogP contribution in [-0.2, 0) is 51.2 Å². The van der Waals surface area contributed by atoms with Crippen molar-refractivity contribution in [1.82, 2.24) is 47.1 Å². The van der Waals surface area contributed by atoms with Gasteiger partial charge in [0.15, 0.2) is 5.96 Å². The number of primary amides is 1. The van der Waals surface area contributed by atoms with Gasteiger partial charge in [-0.3, -0.25) is 48.2 Å². The molecule has 23 heteroatoms. The number of aliphatic imine (C=N–C) groups is 1. The Kier molecular flexibility index (Phi) is 20.7. The van der Waals surface area contributed by atoms with Gasteiger partial charge in [0.25, 0.3) is 5.91 Å². The molecule has 4 rings (SSSR count). The standard InChI is InChI=1S/C45H64N14O9/c1-3-29(46)25-59-43(67)34(57-41(65)33(54-26(2)60)16-10-20-51-44(48)49)17-18-37(61)50-19-9-15-32(39(47)63)56-42(66)36(22-28-23-52-31-14-8-7-13-30(28)31)55-38(62)24-53-40(64)35(58-45(59)68)21-27-11-5-4-6-12-27/h4-8,11-14,23,29,32-36,52H,3,9-10,15-22,24-25,46H2,1-2H3,(H2,47,63)(H,50,61)(H,53,64)(H,54,60)(H,55,62)(H,56,66)(H,57,65)(H,58,68)(H4,48,49,51)/t29?,32?,33-,34?,35?,36-/m0/s1. The summed E-state index contributed by atoms with van der Waals surface area (Å²) in [6.07, 6.45) is 1.58. The Morgan fingerprint density at radius 3 is 2.25 bits per heavy atom. The monoisotopic (exact) mass is 944 g/mol. The van der Waals surface area contributed by atoms with Crippen molar-refractivity contribution in [3.8, 4) is 0 Å². The summed E-state index contributed by atoms with van der Waals surface area (Å²) in [6, 6.07) is 7.47. The maximum Gasteiger partial charge on any atom is 0.324 e. The second kappa shape index (κ2) is 26.6. The van der Waals surface area contributed by atoms with Crippen LogP contribution in [0.15, 0.2) is 65.8 Å². The zero-order chi connectivity index (χ0) is 49.8. The summed E-state index contributed by atoms with van der Waals surface area (Å²) in [4.78, 5) is 130. The smallest absolute Gasteiger partial charge is 0.324 e. The average Bonchev–Trinajstić information content (AvgIpc) is 3.71.